The highest BCUT2D eigenvalue weighted by atomic mass is 32.1. The van der Waals surface area contributed by atoms with Crippen molar-refractivity contribution in [2.45, 2.75) is 25.8 Å². The minimum atomic E-state index is -0.273. The van der Waals surface area contributed by atoms with Crippen molar-refractivity contribution in [3.63, 3.8) is 0 Å². The van der Waals surface area contributed by atoms with Crippen molar-refractivity contribution in [3.05, 3.63) is 35.3 Å². The number of thiophene rings is 1. The monoisotopic (exact) mass is 344 g/mol. The first-order valence-electron chi connectivity index (χ1n) is 7.86. The molecule has 2 N–H and O–H groups in total. The summed E-state index contributed by atoms with van der Waals surface area (Å²) >= 11 is 1.64. The standard InChI is InChI=1S/C17H20N4O2S/c1-11-5-7-14(24-11)16-13(4-3-9-18-16)20-17(23)19-12-6-8-15(22)21(2)10-12/h3-5,7,9,12H,6,8,10H2,1-2H3,(H2,19,20,23). The molecule has 126 valence electrons. The van der Waals surface area contributed by atoms with Crippen LogP contribution in [-0.4, -0.2) is 41.5 Å². The summed E-state index contributed by atoms with van der Waals surface area (Å²) in [6.45, 7) is 2.58. The predicted molar refractivity (Wildman–Crippen MR) is 95.1 cm³/mol. The molecular formula is C17H20N4O2S. The zero-order valence-corrected chi connectivity index (χ0v) is 14.5. The molecule has 0 spiro atoms. The molecule has 3 amide bonds. The van der Waals surface area contributed by atoms with Crippen molar-refractivity contribution >= 4 is 29.0 Å². The highest BCUT2D eigenvalue weighted by molar-refractivity contribution is 7.15. The van der Waals surface area contributed by atoms with E-state index in [0.29, 0.717) is 25.1 Å². The minimum absolute atomic E-state index is 0.0307. The van der Waals surface area contributed by atoms with Gasteiger partial charge in [-0.05, 0) is 37.6 Å². The van der Waals surface area contributed by atoms with E-state index in [1.165, 1.54) is 4.88 Å². The van der Waals surface area contributed by atoms with Crippen LogP contribution in [-0.2, 0) is 4.79 Å². The number of pyridine rings is 1. The van der Waals surface area contributed by atoms with Crippen LogP contribution in [0.15, 0.2) is 30.5 Å². The Kier molecular flexibility index (Phi) is 4.80. The van der Waals surface area contributed by atoms with Crippen LogP contribution in [0.3, 0.4) is 0 Å². The number of anilines is 1. The van der Waals surface area contributed by atoms with E-state index in [2.05, 4.69) is 15.6 Å². The molecule has 2 aromatic heterocycles. The molecule has 7 heteroatoms. The van der Waals surface area contributed by atoms with Gasteiger partial charge in [-0.1, -0.05) is 0 Å². The van der Waals surface area contributed by atoms with Gasteiger partial charge < -0.3 is 15.5 Å². The molecule has 0 radical (unpaired) electrons. The van der Waals surface area contributed by atoms with E-state index in [0.717, 1.165) is 10.6 Å². The zero-order valence-electron chi connectivity index (χ0n) is 13.7. The van der Waals surface area contributed by atoms with Gasteiger partial charge in [0.2, 0.25) is 5.91 Å². The number of hydrogen-bond donors (Lipinski definition) is 2. The normalized spacial score (nSPS) is 17.7. The van der Waals surface area contributed by atoms with Crippen molar-refractivity contribution in [2.75, 3.05) is 18.9 Å². The second kappa shape index (κ2) is 7.00. The third kappa shape index (κ3) is 3.73. The molecule has 24 heavy (non-hydrogen) atoms. The SMILES string of the molecule is Cc1ccc(-c2ncccc2NC(=O)NC2CCC(=O)N(C)C2)s1. The highest BCUT2D eigenvalue weighted by Gasteiger charge is 2.24. The number of aromatic nitrogens is 1. The number of carbonyl (C=O) groups is 2. The molecule has 0 aliphatic carbocycles. The number of rotatable bonds is 3. The fraction of sp³-hybridized carbons (Fsp3) is 0.353. The Balaban J connectivity index is 1.68. The number of piperidine rings is 1. The van der Waals surface area contributed by atoms with Crippen molar-refractivity contribution in [3.8, 4) is 10.6 Å². The number of urea groups is 1. The Hall–Kier alpha value is -2.41. The first-order chi connectivity index (χ1) is 11.5. The van der Waals surface area contributed by atoms with Crippen LogP contribution in [0, 0.1) is 6.92 Å². The zero-order chi connectivity index (χ0) is 17.1. The third-order valence-electron chi connectivity index (χ3n) is 3.99. The summed E-state index contributed by atoms with van der Waals surface area (Å²) in [7, 11) is 1.76. The molecule has 1 saturated heterocycles. The van der Waals surface area contributed by atoms with E-state index in [4.69, 9.17) is 0 Å². The average Bonchev–Trinajstić information content (AvgIpc) is 2.98. The van der Waals surface area contributed by atoms with Gasteiger partial charge in [0.25, 0.3) is 0 Å². The van der Waals surface area contributed by atoms with Gasteiger partial charge >= 0.3 is 6.03 Å². The van der Waals surface area contributed by atoms with Gasteiger partial charge in [-0.3, -0.25) is 9.78 Å². The van der Waals surface area contributed by atoms with E-state index in [9.17, 15) is 9.59 Å². The number of aryl methyl sites for hydroxylation is 1. The molecule has 0 bridgehead atoms. The van der Waals surface area contributed by atoms with Crippen LogP contribution in [0.2, 0.25) is 0 Å². The molecule has 2 aromatic rings. The number of amides is 3. The molecule has 0 aromatic carbocycles. The molecule has 6 nitrogen and oxygen atoms in total. The Morgan fingerprint density at radius 3 is 2.92 bits per heavy atom. The van der Waals surface area contributed by atoms with Crippen LogP contribution in [0.4, 0.5) is 10.5 Å². The van der Waals surface area contributed by atoms with Gasteiger partial charge in [0, 0.05) is 37.1 Å². The van der Waals surface area contributed by atoms with Crippen LogP contribution < -0.4 is 10.6 Å². The first-order valence-corrected chi connectivity index (χ1v) is 8.68. The van der Waals surface area contributed by atoms with Gasteiger partial charge in [-0.25, -0.2) is 4.79 Å². The largest absolute Gasteiger partial charge is 0.344 e. The van der Waals surface area contributed by atoms with Crippen LogP contribution in [0.1, 0.15) is 17.7 Å². The summed E-state index contributed by atoms with van der Waals surface area (Å²) in [6, 6.07) is 7.38. The van der Waals surface area contributed by atoms with Gasteiger partial charge in [0.05, 0.1) is 10.6 Å². The van der Waals surface area contributed by atoms with Crippen molar-refractivity contribution < 1.29 is 9.59 Å². The lowest BCUT2D eigenvalue weighted by molar-refractivity contribution is -0.132. The Morgan fingerprint density at radius 2 is 2.21 bits per heavy atom. The van der Waals surface area contributed by atoms with Crippen molar-refractivity contribution in [2.24, 2.45) is 0 Å². The Morgan fingerprint density at radius 1 is 1.38 bits per heavy atom. The maximum Gasteiger partial charge on any atom is 0.319 e. The lowest BCUT2D eigenvalue weighted by Crippen LogP contribution is -2.49. The summed E-state index contributed by atoms with van der Waals surface area (Å²) in [5.74, 6) is 0.121. The fourth-order valence-corrected chi connectivity index (χ4v) is 3.62. The van der Waals surface area contributed by atoms with Crippen LogP contribution in [0.5, 0.6) is 0 Å². The smallest absolute Gasteiger partial charge is 0.319 e. The van der Waals surface area contributed by atoms with E-state index < -0.39 is 0 Å². The molecule has 1 aliphatic heterocycles. The topological polar surface area (TPSA) is 74.3 Å². The highest BCUT2D eigenvalue weighted by Crippen LogP contribution is 2.31. The second-order valence-electron chi connectivity index (χ2n) is 5.92. The van der Waals surface area contributed by atoms with Crippen LogP contribution in [0.25, 0.3) is 10.6 Å². The molecular weight excluding hydrogens is 324 g/mol. The average molecular weight is 344 g/mol. The van der Waals surface area contributed by atoms with E-state index in [1.807, 2.05) is 25.1 Å². The van der Waals surface area contributed by atoms with Gasteiger partial charge in [0.1, 0.15) is 5.69 Å². The summed E-state index contributed by atoms with van der Waals surface area (Å²) in [6.07, 6.45) is 2.85. The quantitative estimate of drug-likeness (QED) is 0.899. The van der Waals surface area contributed by atoms with E-state index in [1.54, 1.807) is 35.5 Å². The summed E-state index contributed by atoms with van der Waals surface area (Å²) in [4.78, 5) is 32.1. The van der Waals surface area contributed by atoms with Crippen molar-refractivity contribution in [1.82, 2.24) is 15.2 Å². The maximum atomic E-state index is 12.3. The molecule has 1 unspecified atom stereocenters. The number of likely N-dealkylation sites (N-methyl/N-ethyl adjacent to an activating group) is 1. The molecule has 1 fully saturated rings. The number of hydrogen-bond acceptors (Lipinski definition) is 4. The summed E-state index contributed by atoms with van der Waals surface area (Å²) in [5.41, 5.74) is 1.44. The lowest BCUT2D eigenvalue weighted by atomic mass is 10.1. The van der Waals surface area contributed by atoms with Crippen LogP contribution >= 0.6 is 11.3 Å². The molecule has 3 rings (SSSR count). The Labute approximate surface area is 144 Å². The number of carbonyl (C=O) groups excluding carboxylic acids is 2. The minimum Gasteiger partial charge on any atom is -0.344 e. The molecule has 0 saturated carbocycles. The summed E-state index contributed by atoms with van der Waals surface area (Å²) < 4.78 is 0. The molecule has 1 atom stereocenters. The van der Waals surface area contributed by atoms with Gasteiger partial charge in [0.15, 0.2) is 0 Å². The molecule has 3 heterocycles. The van der Waals surface area contributed by atoms with Gasteiger partial charge in [-0.15, -0.1) is 11.3 Å². The lowest BCUT2D eigenvalue weighted by Gasteiger charge is -2.30. The number of nitrogens with zero attached hydrogens (tertiary/aromatic N) is 2. The van der Waals surface area contributed by atoms with E-state index in [-0.39, 0.29) is 18.0 Å². The second-order valence-corrected chi connectivity index (χ2v) is 7.21. The fourth-order valence-electron chi connectivity index (χ4n) is 2.74. The van der Waals surface area contributed by atoms with E-state index >= 15 is 0 Å². The number of nitrogens with one attached hydrogen (secondary N) is 2. The predicted octanol–water partition coefficient (Wildman–Crippen LogP) is 2.86. The first kappa shape index (κ1) is 16.4. The number of likely N-dealkylation sites (tertiary alicyclic amines) is 1. The van der Waals surface area contributed by atoms with Gasteiger partial charge in [-0.2, -0.15) is 0 Å². The molecule has 1 aliphatic rings. The van der Waals surface area contributed by atoms with Crippen molar-refractivity contribution in [1.29, 1.82) is 0 Å². The maximum absolute atomic E-state index is 12.3. The summed E-state index contributed by atoms with van der Waals surface area (Å²) in [5, 5.41) is 5.82. The third-order valence-corrected chi connectivity index (χ3v) is 5.00. The Bertz CT molecular complexity index is 759.